The van der Waals surface area contributed by atoms with Crippen molar-refractivity contribution in [3.63, 3.8) is 0 Å². The fourth-order valence-electron chi connectivity index (χ4n) is 6.35. The Kier molecular flexibility index (Phi) is 4.59. The summed E-state index contributed by atoms with van der Waals surface area (Å²) >= 11 is 1.93. The normalized spacial score (nSPS) is 11.9. The van der Waals surface area contributed by atoms with Gasteiger partial charge < -0.3 is 4.57 Å². The van der Waals surface area contributed by atoms with E-state index in [1.807, 2.05) is 11.3 Å². The maximum absolute atomic E-state index is 2.45. The van der Waals surface area contributed by atoms with Crippen LogP contribution in [0.15, 0.2) is 115 Å². The maximum atomic E-state index is 2.45. The van der Waals surface area contributed by atoms with Gasteiger partial charge in [0.05, 0.1) is 11.0 Å². The van der Waals surface area contributed by atoms with E-state index in [1.54, 1.807) is 0 Å². The molecular weight excluding hydrogens is 478 g/mol. The molecule has 0 bridgehead atoms. The minimum Gasteiger partial charge on any atom is -0.309 e. The van der Waals surface area contributed by atoms with Crippen LogP contribution in [0.1, 0.15) is 11.1 Å². The Balaban J connectivity index is 1.65. The highest BCUT2D eigenvalue weighted by Crippen LogP contribution is 2.48. The summed E-state index contributed by atoms with van der Waals surface area (Å²) in [4.78, 5) is 0. The van der Waals surface area contributed by atoms with Crippen molar-refractivity contribution in [1.29, 1.82) is 0 Å². The molecule has 2 heterocycles. The summed E-state index contributed by atoms with van der Waals surface area (Å²) in [5, 5.41) is 8.04. The van der Waals surface area contributed by atoms with Crippen LogP contribution < -0.4 is 0 Å². The Morgan fingerprint density at radius 3 is 2.13 bits per heavy atom. The lowest BCUT2D eigenvalue weighted by Crippen LogP contribution is -1.94. The average Bonchev–Trinajstić information content (AvgIpc) is 3.50. The van der Waals surface area contributed by atoms with E-state index in [4.69, 9.17) is 0 Å². The van der Waals surface area contributed by atoms with Crippen LogP contribution in [-0.2, 0) is 0 Å². The molecule has 2 heteroatoms. The van der Waals surface area contributed by atoms with E-state index in [0.717, 1.165) is 0 Å². The monoisotopic (exact) mass is 503 g/mol. The zero-order valence-corrected chi connectivity index (χ0v) is 22.1. The lowest BCUT2D eigenvalue weighted by Gasteiger charge is -2.13. The summed E-state index contributed by atoms with van der Waals surface area (Å²) in [5.41, 5.74) is 8.97. The SMILES string of the molecule is Cc1ccccc1-c1c(C)ccc2c1c1c3sc4ccc5ccccc5c4c3ccc1n2-c1ccccc1. The number of aromatic nitrogens is 1. The Bertz CT molecular complexity index is 2190. The van der Waals surface area contributed by atoms with Crippen LogP contribution in [0.25, 0.3) is 69.6 Å². The molecule has 0 fully saturated rings. The highest BCUT2D eigenvalue weighted by molar-refractivity contribution is 7.27. The van der Waals surface area contributed by atoms with Gasteiger partial charge in [-0.25, -0.2) is 0 Å². The number of hydrogen-bond acceptors (Lipinski definition) is 1. The van der Waals surface area contributed by atoms with E-state index in [-0.39, 0.29) is 0 Å². The van der Waals surface area contributed by atoms with Crippen LogP contribution in [0.5, 0.6) is 0 Å². The van der Waals surface area contributed by atoms with E-state index < -0.39 is 0 Å². The van der Waals surface area contributed by atoms with E-state index in [2.05, 4.69) is 134 Å². The van der Waals surface area contributed by atoms with Gasteiger partial charge in [0.25, 0.3) is 0 Å². The van der Waals surface area contributed by atoms with Gasteiger partial charge >= 0.3 is 0 Å². The van der Waals surface area contributed by atoms with E-state index in [1.165, 1.54) is 80.7 Å². The summed E-state index contributed by atoms with van der Waals surface area (Å²) in [5.74, 6) is 0. The average molecular weight is 504 g/mol. The molecule has 38 heavy (non-hydrogen) atoms. The van der Waals surface area contributed by atoms with Gasteiger partial charge in [0.2, 0.25) is 0 Å². The zero-order valence-electron chi connectivity index (χ0n) is 21.3. The van der Waals surface area contributed by atoms with Gasteiger partial charge in [0.1, 0.15) is 0 Å². The van der Waals surface area contributed by atoms with Gasteiger partial charge in [-0.1, -0.05) is 84.9 Å². The second-order valence-corrected chi connectivity index (χ2v) is 11.3. The molecule has 0 N–H and O–H groups in total. The molecule has 1 nitrogen and oxygen atoms in total. The number of fused-ring (bicyclic) bond motifs is 9. The van der Waals surface area contributed by atoms with Crippen molar-refractivity contribution in [1.82, 2.24) is 4.57 Å². The molecule has 0 aliphatic heterocycles. The summed E-state index contributed by atoms with van der Waals surface area (Å²) in [6.45, 7) is 4.48. The van der Waals surface area contributed by atoms with Gasteiger partial charge in [-0.05, 0) is 77.2 Å². The molecule has 0 aliphatic rings. The number of rotatable bonds is 2. The molecule has 0 unspecified atom stereocenters. The third-order valence-corrected chi connectivity index (χ3v) is 9.25. The largest absolute Gasteiger partial charge is 0.309 e. The van der Waals surface area contributed by atoms with Crippen molar-refractivity contribution in [3.05, 3.63) is 126 Å². The van der Waals surface area contributed by atoms with Crippen LogP contribution in [0.4, 0.5) is 0 Å². The third kappa shape index (κ3) is 2.92. The second kappa shape index (κ2) is 8.05. The predicted molar refractivity (Wildman–Crippen MR) is 166 cm³/mol. The summed E-state index contributed by atoms with van der Waals surface area (Å²) in [7, 11) is 0. The first kappa shape index (κ1) is 21.7. The molecule has 0 amide bonds. The fourth-order valence-corrected chi connectivity index (χ4v) is 7.61. The van der Waals surface area contributed by atoms with Crippen LogP contribution in [-0.4, -0.2) is 4.57 Å². The molecule has 8 aromatic rings. The number of hydrogen-bond donors (Lipinski definition) is 0. The highest BCUT2D eigenvalue weighted by Gasteiger charge is 2.22. The number of para-hydroxylation sites is 1. The molecule has 0 aliphatic carbocycles. The zero-order chi connectivity index (χ0) is 25.4. The fraction of sp³-hybridized carbons (Fsp3) is 0.0556. The van der Waals surface area contributed by atoms with Gasteiger partial charge in [0, 0.05) is 36.6 Å². The molecule has 0 radical (unpaired) electrons. The Morgan fingerprint density at radius 1 is 0.526 bits per heavy atom. The van der Waals surface area contributed by atoms with Gasteiger partial charge in [-0.2, -0.15) is 0 Å². The van der Waals surface area contributed by atoms with Gasteiger partial charge in [0.15, 0.2) is 0 Å². The third-order valence-electron chi connectivity index (χ3n) is 8.06. The number of thiophene rings is 1. The van der Waals surface area contributed by atoms with Crippen molar-refractivity contribution >= 4 is 64.1 Å². The number of aryl methyl sites for hydroxylation is 2. The first-order valence-electron chi connectivity index (χ1n) is 13.1. The molecule has 8 rings (SSSR count). The molecule has 2 aromatic heterocycles. The summed E-state index contributed by atoms with van der Waals surface area (Å²) < 4.78 is 5.17. The molecule has 180 valence electrons. The van der Waals surface area contributed by atoms with E-state index in [0.29, 0.717) is 0 Å². The second-order valence-electron chi connectivity index (χ2n) is 10.2. The quantitative estimate of drug-likeness (QED) is 0.221. The van der Waals surface area contributed by atoms with Crippen molar-refractivity contribution < 1.29 is 0 Å². The Morgan fingerprint density at radius 2 is 1.26 bits per heavy atom. The minimum absolute atomic E-state index is 1.19. The first-order chi connectivity index (χ1) is 18.7. The number of nitrogens with zero attached hydrogens (tertiary/aromatic N) is 1. The Labute approximate surface area is 225 Å². The van der Waals surface area contributed by atoms with Crippen LogP contribution in [0, 0.1) is 13.8 Å². The summed E-state index contributed by atoms with van der Waals surface area (Å²) in [6.07, 6.45) is 0. The van der Waals surface area contributed by atoms with Crippen LogP contribution in [0.2, 0.25) is 0 Å². The lowest BCUT2D eigenvalue weighted by atomic mass is 9.92. The maximum Gasteiger partial charge on any atom is 0.0555 e. The van der Waals surface area contributed by atoms with Crippen LogP contribution >= 0.6 is 11.3 Å². The van der Waals surface area contributed by atoms with Crippen LogP contribution in [0.3, 0.4) is 0 Å². The Hall–Kier alpha value is -4.40. The first-order valence-corrected chi connectivity index (χ1v) is 13.9. The molecule has 0 atom stereocenters. The van der Waals surface area contributed by atoms with E-state index >= 15 is 0 Å². The lowest BCUT2D eigenvalue weighted by molar-refractivity contribution is 1.18. The summed E-state index contributed by atoms with van der Waals surface area (Å²) in [6, 6.07) is 42.2. The van der Waals surface area contributed by atoms with Crippen molar-refractivity contribution in [2.75, 3.05) is 0 Å². The molecule has 0 spiro atoms. The van der Waals surface area contributed by atoms with Crippen molar-refractivity contribution in [2.45, 2.75) is 13.8 Å². The molecular formula is C36H25NS. The topological polar surface area (TPSA) is 4.93 Å². The number of benzene rings is 6. The van der Waals surface area contributed by atoms with Gasteiger partial charge in [-0.15, -0.1) is 11.3 Å². The minimum atomic E-state index is 1.19. The molecule has 0 saturated carbocycles. The van der Waals surface area contributed by atoms with Crippen molar-refractivity contribution in [3.8, 4) is 16.8 Å². The predicted octanol–water partition coefficient (Wildman–Crippen LogP) is 10.6. The molecule has 6 aromatic carbocycles. The molecule has 0 saturated heterocycles. The smallest absolute Gasteiger partial charge is 0.0555 e. The van der Waals surface area contributed by atoms with E-state index in [9.17, 15) is 0 Å². The highest BCUT2D eigenvalue weighted by atomic mass is 32.1. The van der Waals surface area contributed by atoms with Gasteiger partial charge in [-0.3, -0.25) is 0 Å². The van der Waals surface area contributed by atoms with Crippen molar-refractivity contribution in [2.24, 2.45) is 0 Å². The standard InChI is InChI=1S/C36H25NS/c1-22-10-6-8-14-26(22)32-23(2)16-19-29-34(32)35-30(37(29)25-12-4-3-5-13-25)20-18-28-33-27-15-9-7-11-24(27)17-21-31(33)38-36(28)35/h3-21H,1-2H3.